The van der Waals surface area contributed by atoms with Gasteiger partial charge < -0.3 is 10.3 Å². The van der Waals surface area contributed by atoms with Crippen LogP contribution in [0.1, 0.15) is 16.1 Å². The maximum Gasteiger partial charge on any atom is 0.251 e. The number of aromatic amines is 1. The largest absolute Gasteiger partial charge is 0.352 e. The van der Waals surface area contributed by atoms with Crippen molar-refractivity contribution in [2.75, 3.05) is 6.54 Å². The van der Waals surface area contributed by atoms with Crippen molar-refractivity contribution in [2.24, 2.45) is 0 Å². The summed E-state index contributed by atoms with van der Waals surface area (Å²) in [7, 11) is 0. The molecule has 2 N–H and O–H groups in total. The van der Waals surface area contributed by atoms with Crippen LogP contribution in [-0.2, 0) is 6.42 Å². The molecule has 1 amide bonds. The number of benzene rings is 1. The monoisotopic (exact) mass is 267 g/mol. The first kappa shape index (κ1) is 12.6. The molecule has 94 valence electrons. The minimum atomic E-state index is -0.536. The second kappa shape index (κ2) is 5.64. The number of rotatable bonds is 4. The zero-order valence-corrected chi connectivity index (χ0v) is 10.2. The van der Waals surface area contributed by atoms with Crippen molar-refractivity contribution in [1.29, 1.82) is 0 Å². The summed E-state index contributed by atoms with van der Waals surface area (Å²) in [6.07, 6.45) is 3.93. The van der Waals surface area contributed by atoms with Gasteiger partial charge in [0, 0.05) is 30.4 Å². The Morgan fingerprint density at radius 1 is 1.50 bits per heavy atom. The van der Waals surface area contributed by atoms with Crippen molar-refractivity contribution in [3.63, 3.8) is 0 Å². The zero-order valence-electron chi connectivity index (χ0n) is 9.41. The van der Waals surface area contributed by atoms with Gasteiger partial charge in [-0.1, -0.05) is 11.6 Å². The van der Waals surface area contributed by atoms with Gasteiger partial charge in [0.1, 0.15) is 5.82 Å². The second-order valence-electron chi connectivity index (χ2n) is 3.71. The van der Waals surface area contributed by atoms with Gasteiger partial charge in [0.05, 0.1) is 11.3 Å². The van der Waals surface area contributed by atoms with E-state index in [4.69, 9.17) is 11.6 Å². The number of halogens is 2. The van der Waals surface area contributed by atoms with Crippen LogP contribution in [0.2, 0.25) is 5.02 Å². The van der Waals surface area contributed by atoms with Gasteiger partial charge in [-0.05, 0) is 18.2 Å². The van der Waals surface area contributed by atoms with E-state index in [-0.39, 0.29) is 10.9 Å². The second-order valence-corrected chi connectivity index (χ2v) is 4.12. The van der Waals surface area contributed by atoms with E-state index in [0.29, 0.717) is 18.5 Å². The highest BCUT2D eigenvalue weighted by Crippen LogP contribution is 2.15. The van der Waals surface area contributed by atoms with E-state index in [1.165, 1.54) is 18.2 Å². The van der Waals surface area contributed by atoms with E-state index in [1.54, 1.807) is 12.5 Å². The SMILES string of the molecule is O=C(NCCc1cnc[nH]1)c1ccc(F)c(Cl)c1. The third kappa shape index (κ3) is 3.07. The number of carbonyl (C=O) groups is 1. The Labute approximate surface area is 108 Å². The lowest BCUT2D eigenvalue weighted by Crippen LogP contribution is -2.25. The number of imidazole rings is 1. The predicted octanol–water partition coefficient (Wildman–Crippen LogP) is 2.17. The van der Waals surface area contributed by atoms with Gasteiger partial charge in [-0.2, -0.15) is 0 Å². The van der Waals surface area contributed by atoms with Gasteiger partial charge in [0.2, 0.25) is 0 Å². The molecular weight excluding hydrogens is 257 g/mol. The van der Waals surface area contributed by atoms with Crippen molar-refractivity contribution >= 4 is 17.5 Å². The lowest BCUT2D eigenvalue weighted by Gasteiger charge is -2.05. The number of amides is 1. The fourth-order valence-electron chi connectivity index (χ4n) is 1.47. The summed E-state index contributed by atoms with van der Waals surface area (Å²) < 4.78 is 12.9. The summed E-state index contributed by atoms with van der Waals surface area (Å²) in [5.74, 6) is -0.818. The van der Waals surface area contributed by atoms with E-state index in [0.717, 1.165) is 5.69 Å². The van der Waals surface area contributed by atoms with Gasteiger partial charge in [-0.25, -0.2) is 9.37 Å². The van der Waals surface area contributed by atoms with Crippen molar-refractivity contribution in [3.05, 3.63) is 52.8 Å². The number of nitrogens with zero attached hydrogens (tertiary/aromatic N) is 1. The van der Waals surface area contributed by atoms with Crippen molar-refractivity contribution in [1.82, 2.24) is 15.3 Å². The Bertz CT molecular complexity index is 542. The highest BCUT2D eigenvalue weighted by atomic mass is 35.5. The zero-order chi connectivity index (χ0) is 13.0. The molecule has 2 rings (SSSR count). The summed E-state index contributed by atoms with van der Waals surface area (Å²) in [6, 6.07) is 3.88. The fourth-order valence-corrected chi connectivity index (χ4v) is 1.65. The molecule has 0 saturated heterocycles. The van der Waals surface area contributed by atoms with Crippen LogP contribution >= 0.6 is 11.6 Å². The molecule has 0 aliphatic carbocycles. The molecule has 0 atom stereocenters. The van der Waals surface area contributed by atoms with E-state index < -0.39 is 5.82 Å². The first-order valence-electron chi connectivity index (χ1n) is 5.37. The summed E-state index contributed by atoms with van der Waals surface area (Å²) in [4.78, 5) is 18.5. The molecule has 1 aromatic heterocycles. The summed E-state index contributed by atoms with van der Waals surface area (Å²) in [6.45, 7) is 0.468. The Balaban J connectivity index is 1.89. The van der Waals surface area contributed by atoms with Crippen LogP contribution in [0.3, 0.4) is 0 Å². The summed E-state index contributed by atoms with van der Waals surface area (Å²) >= 11 is 5.60. The van der Waals surface area contributed by atoms with Gasteiger partial charge >= 0.3 is 0 Å². The number of hydrogen-bond donors (Lipinski definition) is 2. The van der Waals surface area contributed by atoms with Crippen LogP contribution in [0, 0.1) is 5.82 Å². The average molecular weight is 268 g/mol. The predicted molar refractivity (Wildman–Crippen MR) is 66.0 cm³/mol. The molecule has 1 aromatic carbocycles. The smallest absolute Gasteiger partial charge is 0.251 e. The fraction of sp³-hybridized carbons (Fsp3) is 0.167. The van der Waals surface area contributed by atoms with Crippen molar-refractivity contribution in [3.8, 4) is 0 Å². The molecule has 0 aliphatic heterocycles. The van der Waals surface area contributed by atoms with Crippen LogP contribution in [0.4, 0.5) is 4.39 Å². The van der Waals surface area contributed by atoms with E-state index in [9.17, 15) is 9.18 Å². The minimum absolute atomic E-state index is 0.0591. The molecule has 0 radical (unpaired) electrons. The summed E-state index contributed by atoms with van der Waals surface area (Å²) in [5.41, 5.74) is 1.28. The van der Waals surface area contributed by atoms with Gasteiger partial charge in [-0.3, -0.25) is 4.79 Å². The standard InChI is InChI=1S/C12H11ClFN3O/c13-10-5-8(1-2-11(10)14)12(18)16-4-3-9-6-15-7-17-9/h1-2,5-7H,3-4H2,(H,15,17)(H,16,18). The molecule has 6 heteroatoms. The maximum absolute atomic E-state index is 12.9. The van der Waals surface area contributed by atoms with Gasteiger partial charge in [0.15, 0.2) is 0 Å². The molecule has 0 saturated carbocycles. The first-order chi connectivity index (χ1) is 8.66. The van der Waals surface area contributed by atoms with Crippen LogP contribution < -0.4 is 5.32 Å². The highest BCUT2D eigenvalue weighted by Gasteiger charge is 2.08. The molecule has 18 heavy (non-hydrogen) atoms. The summed E-state index contributed by atoms with van der Waals surface area (Å²) in [5, 5.41) is 2.66. The topological polar surface area (TPSA) is 57.8 Å². The number of aromatic nitrogens is 2. The van der Waals surface area contributed by atoms with Crippen LogP contribution in [0.25, 0.3) is 0 Å². The molecule has 0 fully saturated rings. The maximum atomic E-state index is 12.9. The Morgan fingerprint density at radius 2 is 2.33 bits per heavy atom. The number of carbonyl (C=O) groups excluding carboxylic acids is 1. The normalized spacial score (nSPS) is 10.3. The minimum Gasteiger partial charge on any atom is -0.352 e. The van der Waals surface area contributed by atoms with Gasteiger partial charge in [0.25, 0.3) is 5.91 Å². The Morgan fingerprint density at radius 3 is 3.00 bits per heavy atom. The van der Waals surface area contributed by atoms with Crippen LogP contribution in [0.15, 0.2) is 30.7 Å². The Kier molecular flexibility index (Phi) is 3.94. The highest BCUT2D eigenvalue weighted by molar-refractivity contribution is 6.31. The van der Waals surface area contributed by atoms with E-state index in [1.807, 2.05) is 0 Å². The molecular formula is C12H11ClFN3O. The van der Waals surface area contributed by atoms with Crippen molar-refractivity contribution < 1.29 is 9.18 Å². The van der Waals surface area contributed by atoms with Crippen LogP contribution in [-0.4, -0.2) is 22.4 Å². The molecule has 4 nitrogen and oxygen atoms in total. The van der Waals surface area contributed by atoms with E-state index in [2.05, 4.69) is 15.3 Å². The Hall–Kier alpha value is -1.88. The molecule has 0 bridgehead atoms. The third-order valence-corrected chi connectivity index (χ3v) is 2.71. The third-order valence-electron chi connectivity index (χ3n) is 2.42. The lowest BCUT2D eigenvalue weighted by molar-refractivity contribution is 0.0954. The van der Waals surface area contributed by atoms with E-state index >= 15 is 0 Å². The van der Waals surface area contributed by atoms with Gasteiger partial charge in [-0.15, -0.1) is 0 Å². The molecule has 1 heterocycles. The molecule has 2 aromatic rings. The van der Waals surface area contributed by atoms with Crippen LogP contribution in [0.5, 0.6) is 0 Å². The molecule has 0 spiro atoms. The average Bonchev–Trinajstić information content (AvgIpc) is 2.85. The number of H-pyrrole nitrogens is 1. The number of hydrogen-bond acceptors (Lipinski definition) is 2. The molecule has 0 aliphatic rings. The van der Waals surface area contributed by atoms with Crippen molar-refractivity contribution in [2.45, 2.75) is 6.42 Å². The molecule has 0 unspecified atom stereocenters. The lowest BCUT2D eigenvalue weighted by atomic mass is 10.2. The first-order valence-corrected chi connectivity index (χ1v) is 5.75. The number of nitrogens with one attached hydrogen (secondary N) is 2. The quantitative estimate of drug-likeness (QED) is 0.892.